The van der Waals surface area contributed by atoms with Gasteiger partial charge in [-0.05, 0) is 12.0 Å². The van der Waals surface area contributed by atoms with E-state index < -0.39 is 43.6 Å². The lowest BCUT2D eigenvalue weighted by Crippen LogP contribution is -2.33. The van der Waals surface area contributed by atoms with Crippen molar-refractivity contribution in [1.82, 2.24) is 5.01 Å². The van der Waals surface area contributed by atoms with Gasteiger partial charge in [0.25, 0.3) is 0 Å². The van der Waals surface area contributed by atoms with Gasteiger partial charge in [-0.3, -0.25) is 0 Å². The monoisotopic (exact) mass is 306 g/mol. The van der Waals surface area contributed by atoms with Crippen LogP contribution in [0.15, 0.2) is 16.6 Å². The van der Waals surface area contributed by atoms with Gasteiger partial charge in [-0.1, -0.05) is 0 Å². The maximum atomic E-state index is 12.6. The second-order valence-corrected chi connectivity index (χ2v) is 4.03. The molecular formula is C10H12F6N2O2. The van der Waals surface area contributed by atoms with Gasteiger partial charge in [-0.2, -0.15) is 31.4 Å². The first-order valence-corrected chi connectivity index (χ1v) is 5.45. The zero-order chi connectivity index (χ0) is 15.6. The lowest BCUT2D eigenvalue weighted by atomic mass is 10.0. The van der Waals surface area contributed by atoms with E-state index in [1.807, 2.05) is 0 Å². The summed E-state index contributed by atoms with van der Waals surface area (Å²) >= 11 is 0. The molecule has 0 unspecified atom stereocenters. The summed E-state index contributed by atoms with van der Waals surface area (Å²) in [6.45, 7) is -2.15. The average Bonchev–Trinajstić information content (AvgIpc) is 2.25. The lowest BCUT2D eigenvalue weighted by Gasteiger charge is -2.28. The highest BCUT2D eigenvalue weighted by molar-refractivity contribution is 5.92. The fraction of sp³-hybridized carbons (Fsp3) is 0.700. The number of aliphatic hydroxyl groups excluding tert-OH is 1. The summed E-state index contributed by atoms with van der Waals surface area (Å²) in [7, 11) is 1.05. The Kier molecular flexibility index (Phi) is 4.90. The second kappa shape index (κ2) is 5.90. The Balaban J connectivity index is 2.94. The molecule has 0 aliphatic carbocycles. The van der Waals surface area contributed by atoms with E-state index in [9.17, 15) is 26.3 Å². The van der Waals surface area contributed by atoms with Crippen LogP contribution in [0.3, 0.4) is 0 Å². The molecule has 0 saturated heterocycles. The minimum atomic E-state index is -4.69. The molecule has 0 saturated carbocycles. The third-order valence-corrected chi connectivity index (χ3v) is 2.36. The van der Waals surface area contributed by atoms with Gasteiger partial charge in [0.05, 0.1) is 0 Å². The topological polar surface area (TPSA) is 45.1 Å². The fourth-order valence-electron chi connectivity index (χ4n) is 1.60. The number of hydrogen-bond donors (Lipinski definition) is 1. The summed E-state index contributed by atoms with van der Waals surface area (Å²) in [4.78, 5) is 0. The lowest BCUT2D eigenvalue weighted by molar-refractivity contribution is -0.170. The van der Waals surface area contributed by atoms with E-state index in [1.54, 1.807) is 0 Å². The molecule has 0 aromatic heterocycles. The number of aliphatic hydroxyl groups is 1. The molecule has 1 N–H and O–H groups in total. The van der Waals surface area contributed by atoms with E-state index in [-0.39, 0.29) is 12.0 Å². The van der Waals surface area contributed by atoms with Gasteiger partial charge in [0.1, 0.15) is 5.71 Å². The van der Waals surface area contributed by atoms with Crippen LogP contribution in [-0.4, -0.2) is 48.4 Å². The molecule has 10 heteroatoms. The summed E-state index contributed by atoms with van der Waals surface area (Å²) in [5, 5.41) is 12.5. The van der Waals surface area contributed by atoms with Gasteiger partial charge in [-0.25, -0.2) is 5.01 Å². The number of ether oxygens (including phenoxy) is 1. The molecule has 1 heterocycles. The molecule has 0 radical (unpaired) electrons. The normalized spacial score (nSPS) is 17.4. The fourth-order valence-corrected chi connectivity index (χ4v) is 1.60. The molecule has 0 atom stereocenters. The van der Waals surface area contributed by atoms with Crippen molar-refractivity contribution in [2.45, 2.75) is 25.2 Å². The van der Waals surface area contributed by atoms with Crippen LogP contribution in [0.4, 0.5) is 26.3 Å². The minimum Gasteiger partial charge on any atom is -0.468 e. The van der Waals surface area contributed by atoms with Crippen LogP contribution in [-0.2, 0) is 4.74 Å². The Hall–Kier alpha value is -1.45. The summed E-state index contributed by atoms with van der Waals surface area (Å²) < 4.78 is 78.4. The molecule has 1 aliphatic heterocycles. The molecule has 0 aromatic rings. The van der Waals surface area contributed by atoms with Crippen molar-refractivity contribution in [2.75, 3.05) is 20.3 Å². The first-order valence-electron chi connectivity index (χ1n) is 5.45. The highest BCUT2D eigenvalue weighted by Gasteiger charge is 2.40. The first-order chi connectivity index (χ1) is 9.04. The number of rotatable bonds is 4. The second-order valence-electron chi connectivity index (χ2n) is 4.03. The highest BCUT2D eigenvalue weighted by atomic mass is 19.4. The van der Waals surface area contributed by atoms with Gasteiger partial charge in [-0.15, -0.1) is 0 Å². The summed E-state index contributed by atoms with van der Waals surface area (Å²) in [6, 6.07) is 0. The van der Waals surface area contributed by atoms with Gasteiger partial charge in [0.2, 0.25) is 5.88 Å². The SMILES string of the molecule is CN1N=C(C(F)(F)F)CC(CCO)=C1OCC(F)(F)F. The van der Waals surface area contributed by atoms with Gasteiger partial charge >= 0.3 is 12.4 Å². The number of halogens is 6. The Morgan fingerprint density at radius 3 is 2.30 bits per heavy atom. The molecule has 0 spiro atoms. The highest BCUT2D eigenvalue weighted by Crippen LogP contribution is 2.31. The van der Waals surface area contributed by atoms with E-state index in [0.29, 0.717) is 5.01 Å². The van der Waals surface area contributed by atoms with Crippen molar-refractivity contribution in [3.8, 4) is 0 Å². The Morgan fingerprint density at radius 2 is 1.85 bits per heavy atom. The number of nitrogens with zero attached hydrogens (tertiary/aromatic N) is 2. The molecule has 1 aliphatic rings. The predicted octanol–water partition coefficient (Wildman–Crippen LogP) is 2.41. The molecule has 0 fully saturated rings. The van der Waals surface area contributed by atoms with Crippen LogP contribution in [0.25, 0.3) is 0 Å². The van der Waals surface area contributed by atoms with E-state index in [1.165, 1.54) is 0 Å². The van der Waals surface area contributed by atoms with E-state index in [0.717, 1.165) is 7.05 Å². The largest absolute Gasteiger partial charge is 0.468 e. The summed E-state index contributed by atoms with van der Waals surface area (Å²) in [5.41, 5.74) is -1.23. The van der Waals surface area contributed by atoms with Gasteiger partial charge < -0.3 is 9.84 Å². The molecule has 20 heavy (non-hydrogen) atoms. The third-order valence-electron chi connectivity index (χ3n) is 2.36. The van der Waals surface area contributed by atoms with Crippen molar-refractivity contribution in [2.24, 2.45) is 5.10 Å². The number of hydrazone groups is 1. The van der Waals surface area contributed by atoms with E-state index >= 15 is 0 Å². The standard InChI is InChI=1S/C10H12F6N2O2/c1-18-8(20-5-9(11,12)13)6(2-3-19)4-7(17-18)10(14,15)16/h19H,2-5H2,1H3. The molecule has 0 bridgehead atoms. The number of hydrogen-bond acceptors (Lipinski definition) is 4. The molecule has 0 aromatic carbocycles. The molecule has 116 valence electrons. The van der Waals surface area contributed by atoms with Crippen LogP contribution < -0.4 is 0 Å². The van der Waals surface area contributed by atoms with Crippen LogP contribution in [0.2, 0.25) is 0 Å². The summed E-state index contributed by atoms with van der Waals surface area (Å²) in [5.74, 6) is -0.413. The smallest absolute Gasteiger partial charge is 0.431 e. The maximum Gasteiger partial charge on any atom is 0.431 e. The van der Waals surface area contributed by atoms with Crippen LogP contribution >= 0.6 is 0 Å². The molecule has 1 rings (SSSR count). The predicted molar refractivity (Wildman–Crippen MR) is 56.6 cm³/mol. The van der Waals surface area contributed by atoms with Crippen molar-refractivity contribution in [3.05, 3.63) is 11.5 Å². The zero-order valence-electron chi connectivity index (χ0n) is 10.3. The number of alkyl halides is 6. The maximum absolute atomic E-state index is 12.6. The Labute approximate surface area is 110 Å². The van der Waals surface area contributed by atoms with Crippen molar-refractivity contribution < 1.29 is 36.2 Å². The van der Waals surface area contributed by atoms with Crippen molar-refractivity contribution in [1.29, 1.82) is 0 Å². The van der Waals surface area contributed by atoms with Gasteiger partial charge in [0, 0.05) is 20.1 Å². The van der Waals surface area contributed by atoms with E-state index in [2.05, 4.69) is 9.84 Å². The zero-order valence-corrected chi connectivity index (χ0v) is 10.3. The quantitative estimate of drug-likeness (QED) is 0.811. The van der Waals surface area contributed by atoms with Crippen LogP contribution in [0, 0.1) is 0 Å². The van der Waals surface area contributed by atoms with Crippen LogP contribution in [0.1, 0.15) is 12.8 Å². The Morgan fingerprint density at radius 1 is 1.25 bits per heavy atom. The third kappa shape index (κ3) is 4.58. The van der Waals surface area contributed by atoms with Gasteiger partial charge in [0.15, 0.2) is 6.61 Å². The van der Waals surface area contributed by atoms with Crippen molar-refractivity contribution >= 4 is 5.71 Å². The van der Waals surface area contributed by atoms with Crippen LogP contribution in [0.5, 0.6) is 0 Å². The molecule has 0 amide bonds. The molecular weight excluding hydrogens is 294 g/mol. The molecule has 4 nitrogen and oxygen atoms in total. The van der Waals surface area contributed by atoms with E-state index in [4.69, 9.17) is 5.11 Å². The van der Waals surface area contributed by atoms with Crippen molar-refractivity contribution in [3.63, 3.8) is 0 Å². The average molecular weight is 306 g/mol. The summed E-state index contributed by atoms with van der Waals surface area (Å²) in [6.07, 6.45) is -10.2. The first kappa shape index (κ1) is 16.6. The minimum absolute atomic E-state index is 0.0819. The Bertz CT molecular complexity index is 413.